The predicted octanol–water partition coefficient (Wildman–Crippen LogP) is 4.11. The molecule has 0 saturated heterocycles. The summed E-state index contributed by atoms with van der Waals surface area (Å²) in [6, 6.07) is 22.0. The molecule has 0 bridgehead atoms. The monoisotopic (exact) mass is 434 g/mol. The van der Waals surface area contributed by atoms with Crippen molar-refractivity contribution in [3.63, 3.8) is 0 Å². The lowest BCUT2D eigenvalue weighted by molar-refractivity contribution is -0.140. The summed E-state index contributed by atoms with van der Waals surface area (Å²) >= 11 is 0. The number of hydrogen-bond donors (Lipinski definition) is 1. The first-order valence-electron chi connectivity index (χ1n) is 10.4. The highest BCUT2D eigenvalue weighted by Crippen LogP contribution is 2.14. The first-order chi connectivity index (χ1) is 15.5. The molecule has 1 atom stereocenters. The average molecular weight is 435 g/mol. The summed E-state index contributed by atoms with van der Waals surface area (Å²) in [6.07, 6.45) is 0.179. The molecule has 0 heterocycles. The van der Waals surface area contributed by atoms with Crippen LogP contribution in [-0.4, -0.2) is 29.9 Å². The van der Waals surface area contributed by atoms with E-state index in [0.717, 1.165) is 22.4 Å². The third kappa shape index (κ3) is 6.41. The van der Waals surface area contributed by atoms with Gasteiger partial charge in [-0.25, -0.2) is 4.39 Å². The zero-order valence-electron chi connectivity index (χ0n) is 18.3. The molecule has 0 saturated carbocycles. The van der Waals surface area contributed by atoms with Gasteiger partial charge in [0, 0.05) is 13.1 Å². The fourth-order valence-electron chi connectivity index (χ4n) is 3.32. The molecule has 1 N–H and O–H groups in total. The van der Waals surface area contributed by atoms with Gasteiger partial charge in [0.2, 0.25) is 11.8 Å². The zero-order valence-corrected chi connectivity index (χ0v) is 18.3. The molecule has 0 spiro atoms. The Balaban J connectivity index is 1.71. The normalized spacial score (nSPS) is 11.5. The van der Waals surface area contributed by atoms with Crippen molar-refractivity contribution >= 4 is 11.8 Å². The van der Waals surface area contributed by atoms with E-state index >= 15 is 0 Å². The van der Waals surface area contributed by atoms with Gasteiger partial charge in [-0.3, -0.25) is 9.59 Å². The molecule has 3 aromatic rings. The van der Waals surface area contributed by atoms with Crippen molar-refractivity contribution < 1.29 is 18.7 Å². The molecule has 0 aliphatic heterocycles. The molecule has 0 aliphatic carbocycles. The molecule has 0 aliphatic rings. The van der Waals surface area contributed by atoms with Crippen molar-refractivity contribution in [2.24, 2.45) is 0 Å². The number of nitrogens with zero attached hydrogens (tertiary/aromatic N) is 1. The molecule has 3 aromatic carbocycles. The molecule has 32 heavy (non-hydrogen) atoms. The van der Waals surface area contributed by atoms with Crippen molar-refractivity contribution in [3.8, 4) is 5.75 Å². The third-order valence-corrected chi connectivity index (χ3v) is 5.26. The van der Waals surface area contributed by atoms with Gasteiger partial charge in [-0.2, -0.15) is 0 Å². The molecule has 0 aromatic heterocycles. The minimum absolute atomic E-state index is 0.173. The standard InChI is InChI=1S/C26H27FN2O3/c1-19(26(31)28-17-21-10-14-24(32-2)15-11-21)29(18-22-8-12-23(27)13-9-22)25(30)16-20-6-4-3-5-7-20/h3-15,19H,16-18H2,1-2H3,(H,28,31). The van der Waals surface area contributed by atoms with Crippen LogP contribution in [0.25, 0.3) is 0 Å². The van der Waals surface area contributed by atoms with E-state index < -0.39 is 6.04 Å². The van der Waals surface area contributed by atoms with Crippen LogP contribution in [0.1, 0.15) is 23.6 Å². The molecular formula is C26H27FN2O3. The fraction of sp³-hybridized carbons (Fsp3) is 0.231. The van der Waals surface area contributed by atoms with Crippen LogP contribution >= 0.6 is 0 Å². The van der Waals surface area contributed by atoms with Crippen LogP contribution in [0.2, 0.25) is 0 Å². The van der Waals surface area contributed by atoms with Crippen molar-refractivity contribution in [2.75, 3.05) is 7.11 Å². The first-order valence-corrected chi connectivity index (χ1v) is 10.4. The Kier molecular flexibility index (Phi) is 7.97. The van der Waals surface area contributed by atoms with Gasteiger partial charge in [0.1, 0.15) is 17.6 Å². The number of hydrogen-bond acceptors (Lipinski definition) is 3. The number of halogens is 1. The van der Waals surface area contributed by atoms with Crippen molar-refractivity contribution in [3.05, 3.63) is 101 Å². The molecule has 6 heteroatoms. The lowest BCUT2D eigenvalue weighted by Crippen LogP contribution is -2.48. The second kappa shape index (κ2) is 11.1. The van der Waals surface area contributed by atoms with Crippen LogP contribution in [-0.2, 0) is 29.1 Å². The Morgan fingerprint density at radius 3 is 2.16 bits per heavy atom. The quantitative estimate of drug-likeness (QED) is 0.551. The Morgan fingerprint density at radius 1 is 0.906 bits per heavy atom. The van der Waals surface area contributed by atoms with E-state index in [0.29, 0.717) is 6.54 Å². The van der Waals surface area contributed by atoms with Gasteiger partial charge in [-0.1, -0.05) is 54.6 Å². The van der Waals surface area contributed by atoms with E-state index in [9.17, 15) is 14.0 Å². The average Bonchev–Trinajstić information content (AvgIpc) is 2.82. The fourth-order valence-corrected chi connectivity index (χ4v) is 3.32. The third-order valence-electron chi connectivity index (χ3n) is 5.26. The molecule has 2 amide bonds. The second-order valence-corrected chi connectivity index (χ2v) is 7.55. The Hall–Kier alpha value is -3.67. The zero-order chi connectivity index (χ0) is 22.9. The summed E-state index contributed by atoms with van der Waals surface area (Å²) in [5, 5.41) is 2.90. The highest BCUT2D eigenvalue weighted by molar-refractivity contribution is 5.88. The number of methoxy groups -OCH3 is 1. The summed E-state index contributed by atoms with van der Waals surface area (Å²) in [5.74, 6) is -0.0383. The van der Waals surface area contributed by atoms with Gasteiger partial charge >= 0.3 is 0 Å². The summed E-state index contributed by atoms with van der Waals surface area (Å²) in [6.45, 7) is 2.25. The second-order valence-electron chi connectivity index (χ2n) is 7.55. The van der Waals surface area contributed by atoms with Gasteiger partial charge in [-0.15, -0.1) is 0 Å². The Bertz CT molecular complexity index is 1020. The Morgan fingerprint density at radius 2 is 1.53 bits per heavy atom. The lowest BCUT2D eigenvalue weighted by atomic mass is 10.1. The number of amides is 2. The predicted molar refractivity (Wildman–Crippen MR) is 121 cm³/mol. The van der Waals surface area contributed by atoms with Crippen LogP contribution in [0.4, 0.5) is 4.39 Å². The van der Waals surface area contributed by atoms with Crippen molar-refractivity contribution in [1.82, 2.24) is 10.2 Å². The molecule has 5 nitrogen and oxygen atoms in total. The lowest BCUT2D eigenvalue weighted by Gasteiger charge is -2.29. The highest BCUT2D eigenvalue weighted by atomic mass is 19.1. The number of carbonyl (C=O) groups is 2. The van der Waals surface area contributed by atoms with Crippen molar-refractivity contribution in [2.45, 2.75) is 32.5 Å². The SMILES string of the molecule is COc1ccc(CNC(=O)C(C)N(Cc2ccc(F)cc2)C(=O)Cc2ccccc2)cc1. The summed E-state index contributed by atoms with van der Waals surface area (Å²) in [5.41, 5.74) is 2.54. The molecule has 0 fully saturated rings. The van der Waals surface area contributed by atoms with E-state index in [4.69, 9.17) is 4.74 Å². The number of benzene rings is 3. The number of nitrogens with one attached hydrogen (secondary N) is 1. The van der Waals surface area contributed by atoms with E-state index in [2.05, 4.69) is 5.32 Å². The summed E-state index contributed by atoms with van der Waals surface area (Å²) < 4.78 is 18.5. The van der Waals surface area contributed by atoms with Gasteiger partial charge in [-0.05, 0) is 47.9 Å². The topological polar surface area (TPSA) is 58.6 Å². The van der Waals surface area contributed by atoms with Crippen LogP contribution in [0, 0.1) is 5.82 Å². The highest BCUT2D eigenvalue weighted by Gasteiger charge is 2.26. The van der Waals surface area contributed by atoms with Crippen LogP contribution in [0.15, 0.2) is 78.9 Å². The van der Waals surface area contributed by atoms with Gasteiger partial charge < -0.3 is 15.0 Å². The summed E-state index contributed by atoms with van der Waals surface area (Å²) in [7, 11) is 1.60. The number of rotatable bonds is 9. The molecule has 166 valence electrons. The van der Waals surface area contributed by atoms with Crippen LogP contribution in [0.5, 0.6) is 5.75 Å². The maximum Gasteiger partial charge on any atom is 0.242 e. The molecule has 1 unspecified atom stereocenters. The van der Waals surface area contributed by atoms with Gasteiger partial charge in [0.05, 0.1) is 13.5 Å². The van der Waals surface area contributed by atoms with Crippen LogP contribution in [0.3, 0.4) is 0 Å². The van der Waals surface area contributed by atoms with Crippen molar-refractivity contribution in [1.29, 1.82) is 0 Å². The van der Waals surface area contributed by atoms with E-state index in [1.54, 1.807) is 26.2 Å². The van der Waals surface area contributed by atoms with E-state index in [1.807, 2.05) is 54.6 Å². The van der Waals surface area contributed by atoms with Gasteiger partial charge in [0.25, 0.3) is 0 Å². The molecule has 3 rings (SSSR count). The summed E-state index contributed by atoms with van der Waals surface area (Å²) in [4.78, 5) is 27.6. The maximum absolute atomic E-state index is 13.3. The molecular weight excluding hydrogens is 407 g/mol. The smallest absolute Gasteiger partial charge is 0.242 e. The number of ether oxygens (including phenoxy) is 1. The minimum atomic E-state index is -0.700. The largest absolute Gasteiger partial charge is 0.497 e. The van der Waals surface area contributed by atoms with E-state index in [1.165, 1.54) is 17.0 Å². The van der Waals surface area contributed by atoms with E-state index in [-0.39, 0.29) is 30.6 Å². The first kappa shape index (κ1) is 23.0. The number of carbonyl (C=O) groups excluding carboxylic acids is 2. The minimum Gasteiger partial charge on any atom is -0.497 e. The Labute approximate surface area is 187 Å². The van der Waals surface area contributed by atoms with Crippen LogP contribution < -0.4 is 10.1 Å². The maximum atomic E-state index is 13.3. The van der Waals surface area contributed by atoms with Gasteiger partial charge in [0.15, 0.2) is 0 Å². The molecule has 0 radical (unpaired) electrons.